The molecule has 132 valence electrons. The Morgan fingerprint density at radius 2 is 1.96 bits per heavy atom. The summed E-state index contributed by atoms with van der Waals surface area (Å²) in [5.74, 6) is 1.07. The van der Waals surface area contributed by atoms with E-state index < -0.39 is 5.60 Å². The van der Waals surface area contributed by atoms with Crippen molar-refractivity contribution in [2.75, 3.05) is 33.3 Å². The van der Waals surface area contributed by atoms with E-state index in [-0.39, 0.29) is 11.9 Å². The molecule has 2 fully saturated rings. The Bertz CT molecular complexity index is 570. The summed E-state index contributed by atoms with van der Waals surface area (Å²) in [5, 5.41) is 11.2. The lowest BCUT2D eigenvalue weighted by molar-refractivity contribution is -0.128. The molecule has 0 aromatic heterocycles. The van der Waals surface area contributed by atoms with Gasteiger partial charge in [0, 0.05) is 32.1 Å². The number of likely N-dealkylation sites (tertiary alicyclic amines) is 2. The van der Waals surface area contributed by atoms with Crippen molar-refractivity contribution in [3.05, 3.63) is 29.8 Å². The van der Waals surface area contributed by atoms with Gasteiger partial charge < -0.3 is 14.7 Å². The molecule has 3 rings (SSSR count). The van der Waals surface area contributed by atoms with Crippen molar-refractivity contribution in [1.82, 2.24) is 9.80 Å². The Hall–Kier alpha value is -1.59. The second-order valence-corrected chi connectivity index (χ2v) is 7.05. The largest absolute Gasteiger partial charge is 0.497 e. The maximum atomic E-state index is 11.8. The smallest absolute Gasteiger partial charge is 0.222 e. The molecule has 1 aromatic carbocycles. The Morgan fingerprint density at radius 3 is 2.58 bits per heavy atom. The molecule has 2 heterocycles. The molecule has 1 aromatic rings. The van der Waals surface area contributed by atoms with Crippen LogP contribution in [0.25, 0.3) is 0 Å². The fourth-order valence-corrected chi connectivity index (χ4v) is 4.04. The monoisotopic (exact) mass is 332 g/mol. The van der Waals surface area contributed by atoms with E-state index in [9.17, 15) is 9.90 Å². The number of benzene rings is 1. The van der Waals surface area contributed by atoms with Crippen molar-refractivity contribution >= 4 is 5.91 Å². The van der Waals surface area contributed by atoms with Crippen molar-refractivity contribution in [3.63, 3.8) is 0 Å². The number of methoxy groups -OCH3 is 1. The average Bonchev–Trinajstić information content (AvgIpc) is 3.22. The Kier molecular flexibility index (Phi) is 5.11. The minimum Gasteiger partial charge on any atom is -0.497 e. The summed E-state index contributed by atoms with van der Waals surface area (Å²) >= 11 is 0. The third-order valence-corrected chi connectivity index (χ3v) is 5.52. The van der Waals surface area contributed by atoms with Crippen LogP contribution in [0, 0.1) is 0 Å². The molecule has 1 amide bonds. The quantitative estimate of drug-likeness (QED) is 0.866. The number of carbonyl (C=O) groups is 1. The fourth-order valence-electron chi connectivity index (χ4n) is 4.04. The topological polar surface area (TPSA) is 53.0 Å². The zero-order chi connectivity index (χ0) is 17.2. The maximum Gasteiger partial charge on any atom is 0.222 e. The van der Waals surface area contributed by atoms with E-state index in [1.54, 1.807) is 7.11 Å². The van der Waals surface area contributed by atoms with Gasteiger partial charge in [0.25, 0.3) is 0 Å². The Morgan fingerprint density at radius 1 is 1.21 bits per heavy atom. The van der Waals surface area contributed by atoms with Gasteiger partial charge >= 0.3 is 0 Å². The van der Waals surface area contributed by atoms with E-state index in [2.05, 4.69) is 4.90 Å². The van der Waals surface area contributed by atoms with Crippen LogP contribution in [0.1, 0.15) is 38.2 Å². The number of amides is 1. The van der Waals surface area contributed by atoms with Crippen molar-refractivity contribution in [2.45, 2.75) is 44.2 Å². The molecule has 0 radical (unpaired) electrons. The van der Waals surface area contributed by atoms with Crippen LogP contribution >= 0.6 is 0 Å². The first-order valence-electron chi connectivity index (χ1n) is 8.91. The number of aliphatic hydroxyl groups is 1. The van der Waals surface area contributed by atoms with E-state index >= 15 is 0 Å². The van der Waals surface area contributed by atoms with E-state index in [1.165, 1.54) is 0 Å². The first-order chi connectivity index (χ1) is 11.5. The third-order valence-electron chi connectivity index (χ3n) is 5.52. The molecule has 0 saturated carbocycles. The third kappa shape index (κ3) is 3.42. The first-order valence-corrected chi connectivity index (χ1v) is 8.91. The van der Waals surface area contributed by atoms with Crippen LogP contribution in [0.2, 0.25) is 0 Å². The van der Waals surface area contributed by atoms with Crippen molar-refractivity contribution in [2.24, 2.45) is 0 Å². The predicted octanol–water partition coefficient (Wildman–Crippen LogP) is 1.99. The molecule has 0 unspecified atom stereocenters. The highest BCUT2D eigenvalue weighted by molar-refractivity contribution is 5.78. The second kappa shape index (κ2) is 7.11. The van der Waals surface area contributed by atoms with Gasteiger partial charge in [-0.1, -0.05) is 12.1 Å². The minimum absolute atomic E-state index is 0.0867. The summed E-state index contributed by atoms with van der Waals surface area (Å²) in [6.07, 6.45) is 3.73. The summed E-state index contributed by atoms with van der Waals surface area (Å²) in [6.45, 7) is 5.38. The molecular weight excluding hydrogens is 304 g/mol. The van der Waals surface area contributed by atoms with Crippen LogP contribution in [0.5, 0.6) is 5.75 Å². The summed E-state index contributed by atoms with van der Waals surface area (Å²) < 4.78 is 5.20. The lowest BCUT2D eigenvalue weighted by atomic mass is 9.86. The number of hydrogen-bond acceptors (Lipinski definition) is 4. The van der Waals surface area contributed by atoms with E-state index in [1.807, 2.05) is 36.1 Å². The van der Waals surface area contributed by atoms with Crippen LogP contribution in [0.4, 0.5) is 0 Å². The standard InChI is InChI=1S/C19H28N2O3/c1-19(23,15-7-9-16(24-2)10-8-15)17-5-3-11-20(17)13-14-21-12-4-6-18(21)22/h7-10,17,23H,3-6,11-14H2,1-2H3/t17-,19-/m1/s1. The second-order valence-electron chi connectivity index (χ2n) is 7.05. The van der Waals surface area contributed by atoms with Crippen LogP contribution in [-0.2, 0) is 10.4 Å². The van der Waals surface area contributed by atoms with Gasteiger partial charge in [0.15, 0.2) is 0 Å². The summed E-state index contributed by atoms with van der Waals surface area (Å²) in [7, 11) is 1.64. The van der Waals surface area contributed by atoms with Crippen LogP contribution in [-0.4, -0.2) is 60.1 Å². The lowest BCUT2D eigenvalue weighted by Crippen LogP contribution is -2.48. The lowest BCUT2D eigenvalue weighted by Gasteiger charge is -2.37. The SMILES string of the molecule is COc1ccc([C@@](C)(O)[C@H]2CCCN2CCN2CCCC2=O)cc1. The molecule has 0 spiro atoms. The van der Waals surface area contributed by atoms with E-state index in [0.717, 1.165) is 56.8 Å². The predicted molar refractivity (Wildman–Crippen MR) is 93.0 cm³/mol. The van der Waals surface area contributed by atoms with Crippen LogP contribution in [0.3, 0.4) is 0 Å². The number of ether oxygens (including phenoxy) is 1. The maximum absolute atomic E-state index is 11.8. The molecule has 2 atom stereocenters. The van der Waals surface area contributed by atoms with Gasteiger partial charge in [-0.25, -0.2) is 0 Å². The first kappa shape index (κ1) is 17.2. The fraction of sp³-hybridized carbons (Fsp3) is 0.632. The number of nitrogens with zero attached hydrogens (tertiary/aromatic N) is 2. The average molecular weight is 332 g/mol. The van der Waals surface area contributed by atoms with Gasteiger partial charge in [0.05, 0.1) is 7.11 Å². The molecule has 0 aliphatic carbocycles. The molecule has 2 aliphatic rings. The molecule has 1 N–H and O–H groups in total. The number of hydrogen-bond donors (Lipinski definition) is 1. The van der Waals surface area contributed by atoms with Crippen LogP contribution in [0.15, 0.2) is 24.3 Å². The molecule has 5 heteroatoms. The van der Waals surface area contributed by atoms with Crippen LogP contribution < -0.4 is 4.74 Å². The molecule has 0 bridgehead atoms. The highest BCUT2D eigenvalue weighted by Crippen LogP contribution is 2.35. The highest BCUT2D eigenvalue weighted by Gasteiger charge is 2.40. The molecule has 24 heavy (non-hydrogen) atoms. The van der Waals surface area contributed by atoms with E-state index in [0.29, 0.717) is 6.42 Å². The minimum atomic E-state index is -0.905. The van der Waals surface area contributed by atoms with Crippen molar-refractivity contribution in [1.29, 1.82) is 0 Å². The van der Waals surface area contributed by atoms with Gasteiger partial charge in [0.2, 0.25) is 5.91 Å². The highest BCUT2D eigenvalue weighted by atomic mass is 16.5. The number of rotatable bonds is 6. The van der Waals surface area contributed by atoms with Gasteiger partial charge in [-0.2, -0.15) is 0 Å². The molecule has 2 aliphatic heterocycles. The Balaban J connectivity index is 1.67. The van der Waals surface area contributed by atoms with Gasteiger partial charge in [-0.3, -0.25) is 9.69 Å². The normalized spacial score (nSPS) is 24.4. The number of carbonyl (C=O) groups excluding carboxylic acids is 1. The van der Waals surface area contributed by atoms with E-state index in [4.69, 9.17) is 4.74 Å². The summed E-state index contributed by atoms with van der Waals surface area (Å²) in [4.78, 5) is 16.1. The summed E-state index contributed by atoms with van der Waals surface area (Å²) in [5.41, 5.74) is 0.00933. The molecular formula is C19H28N2O3. The van der Waals surface area contributed by atoms with Gasteiger partial charge in [-0.15, -0.1) is 0 Å². The zero-order valence-corrected chi connectivity index (χ0v) is 14.7. The Labute approximate surface area is 144 Å². The van der Waals surface area contributed by atoms with Gasteiger partial charge in [0.1, 0.15) is 11.4 Å². The zero-order valence-electron chi connectivity index (χ0n) is 14.7. The van der Waals surface area contributed by atoms with Crippen molar-refractivity contribution in [3.8, 4) is 5.75 Å². The molecule has 5 nitrogen and oxygen atoms in total. The molecule has 2 saturated heterocycles. The van der Waals surface area contributed by atoms with Gasteiger partial charge in [-0.05, 0) is 50.4 Å². The summed E-state index contributed by atoms with van der Waals surface area (Å²) in [6, 6.07) is 7.76. The van der Waals surface area contributed by atoms with Crippen molar-refractivity contribution < 1.29 is 14.6 Å².